The van der Waals surface area contributed by atoms with Gasteiger partial charge in [0.15, 0.2) is 0 Å². The van der Waals surface area contributed by atoms with E-state index in [9.17, 15) is 8.42 Å². The van der Waals surface area contributed by atoms with Crippen molar-refractivity contribution in [2.75, 3.05) is 0 Å². The van der Waals surface area contributed by atoms with Crippen molar-refractivity contribution in [2.45, 2.75) is 4.90 Å². The monoisotopic (exact) mass is 344 g/mol. The van der Waals surface area contributed by atoms with Crippen LogP contribution in [0, 0.1) is 11.8 Å². The van der Waals surface area contributed by atoms with E-state index in [-0.39, 0.29) is 9.80 Å². The average molecular weight is 344 g/mol. The Bertz CT molecular complexity index is 1020. The topological polar surface area (TPSA) is 34.1 Å². The van der Waals surface area contributed by atoms with Gasteiger partial charge in [-0.3, -0.25) is 0 Å². The van der Waals surface area contributed by atoms with Gasteiger partial charge in [0.1, 0.15) is 4.91 Å². The Labute approximate surface area is 148 Å². The molecule has 25 heavy (non-hydrogen) atoms. The molecule has 3 aromatic rings. The van der Waals surface area contributed by atoms with Crippen LogP contribution in [-0.2, 0) is 9.84 Å². The number of hydrogen-bond acceptors (Lipinski definition) is 2. The van der Waals surface area contributed by atoms with E-state index in [1.807, 2.05) is 60.7 Å². The van der Waals surface area contributed by atoms with Crippen LogP contribution in [0.1, 0.15) is 11.1 Å². The molecule has 0 saturated carbocycles. The molecule has 0 aromatic heterocycles. The van der Waals surface area contributed by atoms with Crippen LogP contribution in [0.15, 0.2) is 101 Å². The third-order valence-corrected chi connectivity index (χ3v) is 5.24. The van der Waals surface area contributed by atoms with Gasteiger partial charge in [0.2, 0.25) is 9.84 Å². The van der Waals surface area contributed by atoms with E-state index < -0.39 is 9.84 Å². The first-order valence-corrected chi connectivity index (χ1v) is 9.28. The number of allylic oxidation sites excluding steroid dienone is 1. The second kappa shape index (κ2) is 7.65. The summed E-state index contributed by atoms with van der Waals surface area (Å²) in [7, 11) is -3.68. The van der Waals surface area contributed by atoms with Crippen molar-refractivity contribution in [1.82, 2.24) is 0 Å². The van der Waals surface area contributed by atoms with Gasteiger partial charge in [0.05, 0.1) is 4.90 Å². The van der Waals surface area contributed by atoms with Gasteiger partial charge in [0.25, 0.3) is 0 Å². The summed E-state index contributed by atoms with van der Waals surface area (Å²) < 4.78 is 26.0. The number of hydrogen-bond donors (Lipinski definition) is 0. The van der Waals surface area contributed by atoms with Crippen LogP contribution in [0.3, 0.4) is 0 Å². The summed E-state index contributed by atoms with van der Waals surface area (Å²) in [5.74, 6) is 5.79. The minimum atomic E-state index is -3.68. The molecule has 0 bridgehead atoms. The van der Waals surface area contributed by atoms with Crippen LogP contribution < -0.4 is 0 Å². The van der Waals surface area contributed by atoms with E-state index in [1.165, 1.54) is 0 Å². The molecular weight excluding hydrogens is 328 g/mol. The second-order valence-electron chi connectivity index (χ2n) is 5.35. The fourth-order valence-electron chi connectivity index (χ4n) is 2.26. The third-order valence-electron chi connectivity index (χ3n) is 3.54. The van der Waals surface area contributed by atoms with Gasteiger partial charge < -0.3 is 0 Å². The molecule has 0 fully saturated rings. The zero-order valence-electron chi connectivity index (χ0n) is 13.5. The predicted octanol–water partition coefficient (Wildman–Crippen LogP) is 4.55. The first-order valence-electron chi connectivity index (χ1n) is 7.80. The summed E-state index contributed by atoms with van der Waals surface area (Å²) in [6.07, 6.45) is 1.61. The molecule has 3 heteroatoms. The van der Waals surface area contributed by atoms with Crippen molar-refractivity contribution >= 4 is 15.9 Å². The lowest BCUT2D eigenvalue weighted by atomic mass is 10.2. The van der Waals surface area contributed by atoms with E-state index in [4.69, 9.17) is 0 Å². The van der Waals surface area contributed by atoms with Crippen LogP contribution >= 0.6 is 0 Å². The van der Waals surface area contributed by atoms with Gasteiger partial charge in [-0.1, -0.05) is 72.7 Å². The summed E-state index contributed by atoms with van der Waals surface area (Å²) in [4.78, 5) is 0.313. The molecule has 2 nitrogen and oxygen atoms in total. The first-order chi connectivity index (χ1) is 12.2. The van der Waals surface area contributed by atoms with E-state index in [0.29, 0.717) is 0 Å². The maximum Gasteiger partial charge on any atom is 0.214 e. The second-order valence-corrected chi connectivity index (χ2v) is 7.27. The molecular formula is C22H16O2S. The Morgan fingerprint density at radius 1 is 0.720 bits per heavy atom. The number of sulfone groups is 1. The Kier molecular flexibility index (Phi) is 5.13. The van der Waals surface area contributed by atoms with E-state index in [2.05, 4.69) is 11.8 Å². The standard InChI is InChI=1S/C22H16O2S/c23-25(24,21-14-8-3-9-15-21)22(18-20-12-6-2-7-13-20)17-16-19-10-4-1-5-11-19/h1-15,18H/b22-18+. The molecule has 0 unspecified atom stereocenters. The van der Waals surface area contributed by atoms with Crippen molar-refractivity contribution in [3.05, 3.63) is 107 Å². The first kappa shape index (κ1) is 16.8. The largest absolute Gasteiger partial charge is 0.218 e. The van der Waals surface area contributed by atoms with Crippen LogP contribution in [-0.4, -0.2) is 8.42 Å². The highest BCUT2D eigenvalue weighted by molar-refractivity contribution is 7.95. The molecule has 0 aliphatic carbocycles. The van der Waals surface area contributed by atoms with Crippen molar-refractivity contribution in [2.24, 2.45) is 0 Å². The Hall–Kier alpha value is -3.09. The van der Waals surface area contributed by atoms with E-state index >= 15 is 0 Å². The lowest BCUT2D eigenvalue weighted by molar-refractivity contribution is 0.603. The van der Waals surface area contributed by atoms with Crippen molar-refractivity contribution in [3.8, 4) is 11.8 Å². The summed E-state index contributed by atoms with van der Waals surface area (Å²) in [5, 5.41) is 0. The van der Waals surface area contributed by atoms with Gasteiger partial charge in [-0.05, 0) is 41.8 Å². The molecule has 0 aliphatic heterocycles. The number of rotatable bonds is 3. The highest BCUT2D eigenvalue weighted by Crippen LogP contribution is 2.21. The quantitative estimate of drug-likeness (QED) is 0.653. The summed E-state index contributed by atoms with van der Waals surface area (Å²) in [6.45, 7) is 0. The third kappa shape index (κ3) is 4.26. The highest BCUT2D eigenvalue weighted by Gasteiger charge is 2.19. The van der Waals surface area contributed by atoms with Crippen LogP contribution in [0.4, 0.5) is 0 Å². The SMILES string of the molecule is O=S(=O)(/C(C#Cc1ccccc1)=C/c1ccccc1)c1ccccc1. The molecule has 0 aliphatic rings. The lowest BCUT2D eigenvalue weighted by Crippen LogP contribution is -2.03. The van der Waals surface area contributed by atoms with E-state index in [0.717, 1.165) is 11.1 Å². The van der Waals surface area contributed by atoms with Crippen molar-refractivity contribution in [3.63, 3.8) is 0 Å². The fraction of sp³-hybridized carbons (Fsp3) is 0. The zero-order valence-corrected chi connectivity index (χ0v) is 14.3. The van der Waals surface area contributed by atoms with Gasteiger partial charge in [-0.15, -0.1) is 0 Å². The highest BCUT2D eigenvalue weighted by atomic mass is 32.2. The zero-order chi connectivity index (χ0) is 17.5. The maximum absolute atomic E-state index is 13.0. The van der Waals surface area contributed by atoms with Gasteiger partial charge in [0, 0.05) is 5.56 Å². The molecule has 3 aromatic carbocycles. The van der Waals surface area contributed by atoms with Crippen LogP contribution in [0.2, 0.25) is 0 Å². The lowest BCUT2D eigenvalue weighted by Gasteiger charge is -2.04. The molecule has 0 saturated heterocycles. The molecule has 0 radical (unpaired) electrons. The minimum Gasteiger partial charge on any atom is -0.218 e. The van der Waals surface area contributed by atoms with Crippen molar-refractivity contribution in [1.29, 1.82) is 0 Å². The molecule has 0 N–H and O–H groups in total. The van der Waals surface area contributed by atoms with Gasteiger partial charge in [-0.25, -0.2) is 8.42 Å². The molecule has 3 rings (SSSR count). The summed E-state index contributed by atoms with van der Waals surface area (Å²) >= 11 is 0. The van der Waals surface area contributed by atoms with Gasteiger partial charge in [-0.2, -0.15) is 0 Å². The predicted molar refractivity (Wildman–Crippen MR) is 101 cm³/mol. The maximum atomic E-state index is 13.0. The van der Waals surface area contributed by atoms with Crippen molar-refractivity contribution < 1.29 is 8.42 Å². The van der Waals surface area contributed by atoms with Crippen LogP contribution in [0.5, 0.6) is 0 Å². The molecule has 0 amide bonds. The summed E-state index contributed by atoms with van der Waals surface area (Å²) in [6, 6.07) is 27.0. The van der Waals surface area contributed by atoms with Gasteiger partial charge >= 0.3 is 0 Å². The summed E-state index contributed by atoms with van der Waals surface area (Å²) in [5.41, 5.74) is 1.56. The number of benzene rings is 3. The smallest absolute Gasteiger partial charge is 0.214 e. The normalized spacial score (nSPS) is 11.4. The Morgan fingerprint density at radius 3 is 1.84 bits per heavy atom. The molecule has 0 heterocycles. The molecule has 0 spiro atoms. The fourth-order valence-corrected chi connectivity index (χ4v) is 3.51. The molecule has 0 atom stereocenters. The molecule has 122 valence electrons. The average Bonchev–Trinajstić information content (AvgIpc) is 2.67. The van der Waals surface area contributed by atoms with Crippen LogP contribution in [0.25, 0.3) is 6.08 Å². The minimum absolute atomic E-state index is 0.0775. The van der Waals surface area contributed by atoms with E-state index in [1.54, 1.807) is 36.4 Å². The Balaban J connectivity index is 2.10. The Morgan fingerprint density at radius 2 is 1.24 bits per heavy atom.